The predicted molar refractivity (Wildman–Crippen MR) is 68.3 cm³/mol. The summed E-state index contributed by atoms with van der Waals surface area (Å²) in [5.74, 6) is 1.15. The van der Waals surface area contributed by atoms with E-state index in [1.807, 2.05) is 0 Å². The van der Waals surface area contributed by atoms with Crippen LogP contribution in [0.15, 0.2) is 12.1 Å². The fourth-order valence-corrected chi connectivity index (χ4v) is 1.74. The van der Waals surface area contributed by atoms with E-state index >= 15 is 0 Å². The lowest BCUT2D eigenvalue weighted by Crippen LogP contribution is -2.19. The van der Waals surface area contributed by atoms with Crippen LogP contribution >= 0.6 is 0 Å². The van der Waals surface area contributed by atoms with Gasteiger partial charge in [0.15, 0.2) is 0 Å². The average molecular weight is 256 g/mol. The van der Waals surface area contributed by atoms with Crippen LogP contribution in [0.1, 0.15) is 24.1 Å². The van der Waals surface area contributed by atoms with Gasteiger partial charge in [-0.15, -0.1) is 0 Å². The number of nitrogens with zero attached hydrogens (tertiary/aromatic N) is 2. The summed E-state index contributed by atoms with van der Waals surface area (Å²) >= 11 is -2.36. The topological polar surface area (TPSA) is 82.3 Å². The molecule has 96 valence electrons. The molecule has 2 rings (SSSR count). The van der Waals surface area contributed by atoms with E-state index in [4.69, 9.17) is 8.76 Å². The van der Waals surface area contributed by atoms with Gasteiger partial charge >= 0.3 is 0 Å². The van der Waals surface area contributed by atoms with Crippen LogP contribution < -0.4 is 10.0 Å². The number of anilines is 1. The van der Waals surface area contributed by atoms with Gasteiger partial charge in [-0.1, -0.05) is 6.07 Å². The standard InChI is InChI=1S/C11H16N2.H3NO2S/c1-9-5-6-11(12-10(9)2)13-7-3-4-8-13;1-4(2)3/h5-6H,3-4,7-8H2,1-2H3;1H2,(H,2,3)/p-1. The van der Waals surface area contributed by atoms with E-state index in [2.05, 4.69) is 41.0 Å². The minimum atomic E-state index is -2.36. The highest BCUT2D eigenvalue weighted by atomic mass is 32.2. The van der Waals surface area contributed by atoms with Crippen LogP contribution in [0.3, 0.4) is 0 Å². The Morgan fingerprint density at radius 1 is 1.35 bits per heavy atom. The molecule has 1 aromatic heterocycles. The Balaban J connectivity index is 0.000000317. The smallest absolute Gasteiger partial charge is 0.128 e. The molecule has 1 saturated heterocycles. The van der Waals surface area contributed by atoms with Crippen molar-refractivity contribution in [3.63, 3.8) is 0 Å². The quantitative estimate of drug-likeness (QED) is 0.761. The van der Waals surface area contributed by atoms with Crippen molar-refractivity contribution in [1.82, 2.24) is 4.98 Å². The van der Waals surface area contributed by atoms with Gasteiger partial charge < -0.3 is 9.45 Å². The van der Waals surface area contributed by atoms with Crippen molar-refractivity contribution >= 4 is 17.1 Å². The fraction of sp³-hybridized carbons (Fsp3) is 0.545. The summed E-state index contributed by atoms with van der Waals surface area (Å²) in [6.07, 6.45) is 2.63. The second kappa shape index (κ2) is 6.68. The van der Waals surface area contributed by atoms with Crippen LogP contribution in [-0.2, 0) is 11.3 Å². The van der Waals surface area contributed by atoms with Gasteiger partial charge in [-0.25, -0.2) is 4.98 Å². The van der Waals surface area contributed by atoms with Crippen LogP contribution in [-0.4, -0.2) is 26.8 Å². The fourth-order valence-electron chi connectivity index (χ4n) is 1.74. The Morgan fingerprint density at radius 3 is 2.35 bits per heavy atom. The van der Waals surface area contributed by atoms with E-state index < -0.39 is 11.3 Å². The molecule has 2 heterocycles. The van der Waals surface area contributed by atoms with Gasteiger partial charge in [-0.05, 0) is 38.3 Å². The van der Waals surface area contributed by atoms with Gasteiger partial charge in [0.25, 0.3) is 0 Å². The maximum atomic E-state index is 8.78. The number of hydrogen-bond donors (Lipinski definition) is 1. The van der Waals surface area contributed by atoms with E-state index in [1.165, 1.54) is 31.5 Å². The molecule has 1 aromatic rings. The summed E-state index contributed by atoms with van der Waals surface area (Å²) in [6, 6.07) is 4.30. The molecule has 1 atom stereocenters. The van der Waals surface area contributed by atoms with Gasteiger partial charge in [0.2, 0.25) is 0 Å². The normalized spacial score (nSPS) is 16.4. The van der Waals surface area contributed by atoms with Crippen molar-refractivity contribution in [3.8, 4) is 0 Å². The molecule has 1 aliphatic heterocycles. The number of aromatic nitrogens is 1. The van der Waals surface area contributed by atoms with Crippen molar-refractivity contribution in [1.29, 1.82) is 0 Å². The number of rotatable bonds is 1. The molecule has 0 spiro atoms. The first-order valence-electron chi connectivity index (χ1n) is 5.53. The molecule has 2 N–H and O–H groups in total. The molecular formula is C11H18N3O2S-. The minimum Gasteiger partial charge on any atom is -0.760 e. The first kappa shape index (κ1) is 14.1. The lowest BCUT2D eigenvalue weighted by Gasteiger charge is -2.16. The summed E-state index contributed by atoms with van der Waals surface area (Å²) in [6.45, 7) is 6.54. The largest absolute Gasteiger partial charge is 0.760 e. The molecule has 17 heavy (non-hydrogen) atoms. The number of hydrogen-bond acceptors (Lipinski definition) is 4. The van der Waals surface area contributed by atoms with Crippen molar-refractivity contribution in [2.24, 2.45) is 5.14 Å². The summed E-state index contributed by atoms with van der Waals surface area (Å²) in [5, 5.41) is 4.03. The van der Waals surface area contributed by atoms with Gasteiger partial charge in [-0.3, -0.25) is 9.35 Å². The Bertz CT molecular complexity index is 388. The highest BCUT2D eigenvalue weighted by Crippen LogP contribution is 2.18. The van der Waals surface area contributed by atoms with Crippen molar-refractivity contribution in [2.75, 3.05) is 18.0 Å². The molecule has 0 aliphatic carbocycles. The van der Waals surface area contributed by atoms with Crippen molar-refractivity contribution in [3.05, 3.63) is 23.4 Å². The van der Waals surface area contributed by atoms with Gasteiger partial charge in [-0.2, -0.15) is 0 Å². The van der Waals surface area contributed by atoms with E-state index in [-0.39, 0.29) is 0 Å². The van der Waals surface area contributed by atoms with Crippen LogP contribution in [0.25, 0.3) is 0 Å². The third kappa shape index (κ3) is 4.80. The van der Waals surface area contributed by atoms with E-state index in [0.29, 0.717) is 0 Å². The zero-order chi connectivity index (χ0) is 12.8. The Morgan fingerprint density at radius 2 is 1.88 bits per heavy atom. The molecule has 1 unspecified atom stereocenters. The molecule has 0 amide bonds. The van der Waals surface area contributed by atoms with E-state index in [0.717, 1.165) is 11.5 Å². The third-order valence-corrected chi connectivity index (χ3v) is 2.77. The van der Waals surface area contributed by atoms with E-state index in [9.17, 15) is 0 Å². The van der Waals surface area contributed by atoms with Gasteiger partial charge in [0, 0.05) is 30.0 Å². The Kier molecular flexibility index (Phi) is 5.54. The predicted octanol–water partition coefficient (Wildman–Crippen LogP) is 1.04. The van der Waals surface area contributed by atoms with Crippen LogP contribution in [0.2, 0.25) is 0 Å². The molecule has 1 fully saturated rings. The first-order chi connectivity index (χ1) is 8.00. The highest BCUT2D eigenvalue weighted by molar-refractivity contribution is 7.76. The summed E-state index contributed by atoms with van der Waals surface area (Å²) in [7, 11) is 0. The number of nitrogens with two attached hydrogens (primary N) is 1. The van der Waals surface area contributed by atoms with Crippen LogP contribution in [0.5, 0.6) is 0 Å². The van der Waals surface area contributed by atoms with Crippen molar-refractivity contribution in [2.45, 2.75) is 26.7 Å². The van der Waals surface area contributed by atoms with Gasteiger partial charge in [0.1, 0.15) is 5.82 Å². The maximum Gasteiger partial charge on any atom is 0.128 e. The highest BCUT2D eigenvalue weighted by Gasteiger charge is 2.13. The zero-order valence-electron chi connectivity index (χ0n) is 10.2. The summed E-state index contributed by atoms with van der Waals surface area (Å²) in [5.41, 5.74) is 2.44. The van der Waals surface area contributed by atoms with Gasteiger partial charge in [0.05, 0.1) is 0 Å². The summed E-state index contributed by atoms with van der Waals surface area (Å²) < 4.78 is 17.6. The molecule has 0 radical (unpaired) electrons. The lowest BCUT2D eigenvalue weighted by molar-refractivity contribution is 0.539. The van der Waals surface area contributed by atoms with Crippen molar-refractivity contribution < 1.29 is 8.76 Å². The van der Waals surface area contributed by atoms with Crippen LogP contribution in [0.4, 0.5) is 5.82 Å². The SMILES string of the molecule is Cc1ccc(N2CCCC2)nc1C.NS(=O)[O-]. The second-order valence-electron chi connectivity index (χ2n) is 4.03. The Labute approximate surface area is 104 Å². The third-order valence-electron chi connectivity index (χ3n) is 2.77. The maximum absolute atomic E-state index is 8.78. The number of pyridine rings is 1. The minimum absolute atomic E-state index is 1.15. The number of aryl methyl sites for hydroxylation is 2. The second-order valence-corrected chi connectivity index (χ2v) is 4.55. The van der Waals surface area contributed by atoms with Crippen LogP contribution in [0, 0.1) is 13.8 Å². The summed E-state index contributed by atoms with van der Waals surface area (Å²) in [4.78, 5) is 6.95. The first-order valence-corrected chi connectivity index (χ1v) is 6.67. The molecular weight excluding hydrogens is 238 g/mol. The lowest BCUT2D eigenvalue weighted by atomic mass is 10.2. The molecule has 5 nitrogen and oxygen atoms in total. The molecule has 0 bridgehead atoms. The Hall–Kier alpha value is -0.980. The average Bonchev–Trinajstić information content (AvgIpc) is 2.74. The molecule has 0 aromatic carbocycles. The molecule has 0 saturated carbocycles. The molecule has 1 aliphatic rings. The monoisotopic (exact) mass is 256 g/mol. The zero-order valence-corrected chi connectivity index (χ0v) is 11.0. The van der Waals surface area contributed by atoms with E-state index in [1.54, 1.807) is 0 Å². The molecule has 6 heteroatoms.